The van der Waals surface area contributed by atoms with Crippen molar-refractivity contribution >= 4 is 17.6 Å². The van der Waals surface area contributed by atoms with Crippen molar-refractivity contribution in [3.63, 3.8) is 0 Å². The van der Waals surface area contributed by atoms with Gasteiger partial charge < -0.3 is 14.2 Å². The molecule has 0 saturated heterocycles. The topological polar surface area (TPSA) is 70.5 Å². The van der Waals surface area contributed by atoms with Gasteiger partial charge in [0.25, 0.3) is 0 Å². The molecule has 0 aliphatic heterocycles. The first-order valence-corrected chi connectivity index (χ1v) is 8.61. The van der Waals surface area contributed by atoms with E-state index in [0.29, 0.717) is 23.1 Å². The minimum absolute atomic E-state index is 0.0803. The molecular formula is C20H17ClN2O4. The zero-order valence-electron chi connectivity index (χ0n) is 14.8. The second-order valence-electron chi connectivity index (χ2n) is 5.45. The van der Waals surface area contributed by atoms with Crippen molar-refractivity contribution in [1.29, 1.82) is 0 Å². The zero-order chi connectivity index (χ0) is 19.2. The van der Waals surface area contributed by atoms with Crippen LogP contribution in [0.3, 0.4) is 0 Å². The predicted molar refractivity (Wildman–Crippen MR) is 102 cm³/mol. The molecule has 0 spiro atoms. The molecular weight excluding hydrogens is 368 g/mol. The van der Waals surface area contributed by atoms with E-state index in [2.05, 4.69) is 10.2 Å². The van der Waals surface area contributed by atoms with Gasteiger partial charge in [-0.25, -0.2) is 4.79 Å². The van der Waals surface area contributed by atoms with E-state index in [1.54, 1.807) is 24.3 Å². The van der Waals surface area contributed by atoms with E-state index < -0.39 is 5.97 Å². The first kappa shape index (κ1) is 18.7. The van der Waals surface area contributed by atoms with Crippen molar-refractivity contribution in [3.8, 4) is 28.6 Å². The molecule has 1 aromatic heterocycles. The highest BCUT2D eigenvalue weighted by Crippen LogP contribution is 2.25. The number of carbonyl (C=O) groups excluding carboxylic acids is 1. The summed E-state index contributed by atoms with van der Waals surface area (Å²) in [5, 5.41) is 8.47. The zero-order valence-corrected chi connectivity index (χ0v) is 15.6. The molecule has 0 unspecified atom stereocenters. The van der Waals surface area contributed by atoms with Crippen LogP contribution in [0.2, 0.25) is 5.02 Å². The molecule has 3 rings (SSSR count). The second kappa shape index (κ2) is 8.51. The van der Waals surface area contributed by atoms with Crippen LogP contribution in [0.4, 0.5) is 0 Å². The van der Waals surface area contributed by atoms with E-state index in [9.17, 15) is 4.79 Å². The summed E-state index contributed by atoms with van der Waals surface area (Å²) in [5.41, 5.74) is 1.74. The van der Waals surface area contributed by atoms with Gasteiger partial charge in [0.1, 0.15) is 17.1 Å². The van der Waals surface area contributed by atoms with Crippen LogP contribution in [-0.4, -0.2) is 29.9 Å². The number of rotatable bonds is 6. The Morgan fingerprint density at radius 2 is 1.81 bits per heavy atom. The van der Waals surface area contributed by atoms with Crippen LogP contribution < -0.4 is 14.2 Å². The molecule has 0 N–H and O–H groups in total. The van der Waals surface area contributed by atoms with Gasteiger partial charge in [-0.3, -0.25) is 0 Å². The molecule has 0 fully saturated rings. The number of carbonyl (C=O) groups is 1. The second-order valence-corrected chi connectivity index (χ2v) is 5.88. The lowest BCUT2D eigenvalue weighted by Gasteiger charge is -2.08. The van der Waals surface area contributed by atoms with Gasteiger partial charge in [-0.05, 0) is 55.5 Å². The van der Waals surface area contributed by atoms with Gasteiger partial charge in [-0.15, -0.1) is 10.2 Å². The number of ether oxygens (including phenoxy) is 3. The highest BCUT2D eigenvalue weighted by molar-refractivity contribution is 6.31. The van der Waals surface area contributed by atoms with Crippen LogP contribution >= 0.6 is 11.6 Å². The predicted octanol–water partition coefficient (Wildman–Crippen LogP) is 4.42. The van der Waals surface area contributed by atoms with Crippen LogP contribution in [0.1, 0.15) is 17.3 Å². The third-order valence-corrected chi connectivity index (χ3v) is 3.91. The SMILES string of the molecule is CCOc1ccc(-c2ccc(OC(=O)c3cc(Cl)ccc3OC)nn2)cc1. The third-order valence-electron chi connectivity index (χ3n) is 3.68. The van der Waals surface area contributed by atoms with Crippen molar-refractivity contribution in [2.45, 2.75) is 6.92 Å². The molecule has 27 heavy (non-hydrogen) atoms. The van der Waals surface area contributed by atoms with Crippen molar-refractivity contribution in [3.05, 3.63) is 65.2 Å². The largest absolute Gasteiger partial charge is 0.496 e. The monoisotopic (exact) mass is 384 g/mol. The highest BCUT2D eigenvalue weighted by Gasteiger charge is 2.16. The van der Waals surface area contributed by atoms with Gasteiger partial charge in [-0.2, -0.15) is 0 Å². The molecule has 0 aliphatic carbocycles. The number of aromatic nitrogens is 2. The normalized spacial score (nSPS) is 10.3. The minimum atomic E-state index is -0.627. The van der Waals surface area contributed by atoms with Crippen molar-refractivity contribution in [1.82, 2.24) is 10.2 Å². The molecule has 0 amide bonds. The Morgan fingerprint density at radius 3 is 2.44 bits per heavy atom. The fourth-order valence-electron chi connectivity index (χ4n) is 2.41. The Morgan fingerprint density at radius 1 is 1.04 bits per heavy atom. The van der Waals surface area contributed by atoms with Crippen molar-refractivity contribution < 1.29 is 19.0 Å². The fraction of sp³-hybridized carbons (Fsp3) is 0.150. The maximum Gasteiger partial charge on any atom is 0.348 e. The summed E-state index contributed by atoms with van der Waals surface area (Å²) >= 11 is 5.94. The molecule has 0 saturated carbocycles. The van der Waals surface area contributed by atoms with Crippen molar-refractivity contribution in [2.24, 2.45) is 0 Å². The summed E-state index contributed by atoms with van der Waals surface area (Å²) < 4.78 is 15.8. The Kier molecular flexibility index (Phi) is 5.88. The van der Waals surface area contributed by atoms with Gasteiger partial charge in [0.15, 0.2) is 0 Å². The number of nitrogens with zero attached hydrogens (tertiary/aromatic N) is 2. The number of hydrogen-bond donors (Lipinski definition) is 0. The lowest BCUT2D eigenvalue weighted by Crippen LogP contribution is -2.11. The molecule has 2 aromatic carbocycles. The molecule has 0 atom stereocenters. The number of hydrogen-bond acceptors (Lipinski definition) is 6. The van der Waals surface area contributed by atoms with E-state index in [1.165, 1.54) is 13.2 Å². The number of benzene rings is 2. The average molecular weight is 385 g/mol. The average Bonchev–Trinajstić information content (AvgIpc) is 2.69. The lowest BCUT2D eigenvalue weighted by molar-refractivity contribution is 0.0722. The van der Waals surface area contributed by atoms with Gasteiger partial charge >= 0.3 is 5.97 Å². The highest BCUT2D eigenvalue weighted by atomic mass is 35.5. The van der Waals surface area contributed by atoms with E-state index in [-0.39, 0.29) is 11.4 Å². The summed E-state index contributed by atoms with van der Waals surface area (Å²) in [6, 6.07) is 15.5. The standard InChI is InChI=1S/C20H17ClN2O4/c1-3-26-15-7-4-13(5-8-15)17-9-11-19(23-22-17)27-20(24)16-12-14(21)6-10-18(16)25-2/h4-12H,3H2,1-2H3. The van der Waals surface area contributed by atoms with Crippen molar-refractivity contribution in [2.75, 3.05) is 13.7 Å². The first-order valence-electron chi connectivity index (χ1n) is 8.23. The van der Waals surface area contributed by atoms with E-state index in [1.807, 2.05) is 31.2 Å². The maximum absolute atomic E-state index is 12.4. The van der Waals surface area contributed by atoms with Crippen LogP contribution in [-0.2, 0) is 0 Å². The molecule has 0 aliphatic rings. The summed E-state index contributed by atoms with van der Waals surface area (Å²) in [4.78, 5) is 12.4. The third kappa shape index (κ3) is 4.54. The van der Waals surface area contributed by atoms with Crippen LogP contribution in [0.5, 0.6) is 17.4 Å². The lowest BCUT2D eigenvalue weighted by atomic mass is 10.1. The minimum Gasteiger partial charge on any atom is -0.496 e. The van der Waals surface area contributed by atoms with E-state index in [4.69, 9.17) is 25.8 Å². The maximum atomic E-state index is 12.4. The molecule has 7 heteroatoms. The molecule has 6 nitrogen and oxygen atoms in total. The van der Waals surface area contributed by atoms with Crippen LogP contribution in [0, 0.1) is 0 Å². The summed E-state index contributed by atoms with van der Waals surface area (Å²) in [6.45, 7) is 2.54. The van der Waals surface area contributed by atoms with Gasteiger partial charge in [0.2, 0.25) is 5.88 Å². The molecule has 3 aromatic rings. The van der Waals surface area contributed by atoms with E-state index >= 15 is 0 Å². The molecule has 0 bridgehead atoms. The van der Waals surface area contributed by atoms with Crippen LogP contribution in [0.15, 0.2) is 54.6 Å². The Hall–Kier alpha value is -3.12. The summed E-state index contributed by atoms with van der Waals surface area (Å²) in [7, 11) is 1.46. The molecule has 1 heterocycles. The number of esters is 1. The quantitative estimate of drug-likeness (QED) is 0.586. The Balaban J connectivity index is 1.74. The van der Waals surface area contributed by atoms with E-state index in [0.717, 1.165) is 11.3 Å². The Bertz CT molecular complexity index is 928. The summed E-state index contributed by atoms with van der Waals surface area (Å²) in [6.07, 6.45) is 0. The fourth-order valence-corrected chi connectivity index (χ4v) is 2.58. The summed E-state index contributed by atoms with van der Waals surface area (Å²) in [5.74, 6) is 0.604. The molecule has 138 valence electrons. The van der Waals surface area contributed by atoms with Gasteiger partial charge in [0, 0.05) is 16.7 Å². The van der Waals surface area contributed by atoms with Gasteiger partial charge in [0.05, 0.1) is 19.4 Å². The smallest absolute Gasteiger partial charge is 0.348 e. The number of methoxy groups -OCH3 is 1. The van der Waals surface area contributed by atoms with Gasteiger partial charge in [-0.1, -0.05) is 11.6 Å². The van der Waals surface area contributed by atoms with Crippen LogP contribution in [0.25, 0.3) is 11.3 Å². The Labute approximate surface area is 161 Å². The first-order chi connectivity index (χ1) is 13.1. The number of halogens is 1. The molecule has 0 radical (unpaired) electrons.